The van der Waals surface area contributed by atoms with Crippen molar-refractivity contribution in [1.29, 1.82) is 0 Å². The molecule has 2 fully saturated rings. The molecule has 1 spiro atoms. The van der Waals surface area contributed by atoms with Crippen molar-refractivity contribution in [3.05, 3.63) is 30.5 Å². The number of hydrogen-bond donors (Lipinski definition) is 0. The standard InChI is InChI=1S/C18H24N2O2/c1-13(2)22-16-5-4-15(12-19-16)20-11-10-18(17(20)21)8-6-14(3)7-9-18/h4-5,12-13H,3,6-11H2,1-2H3. The summed E-state index contributed by atoms with van der Waals surface area (Å²) in [6.07, 6.45) is 6.66. The third-order valence-electron chi connectivity index (χ3n) is 4.82. The number of aromatic nitrogens is 1. The molecule has 2 aliphatic rings. The number of hydrogen-bond acceptors (Lipinski definition) is 3. The van der Waals surface area contributed by atoms with E-state index < -0.39 is 0 Å². The van der Waals surface area contributed by atoms with E-state index in [1.165, 1.54) is 5.57 Å². The van der Waals surface area contributed by atoms with Crippen LogP contribution in [-0.4, -0.2) is 23.5 Å². The van der Waals surface area contributed by atoms with Gasteiger partial charge < -0.3 is 9.64 Å². The van der Waals surface area contributed by atoms with Crippen molar-refractivity contribution in [2.24, 2.45) is 5.41 Å². The molecular weight excluding hydrogens is 276 g/mol. The molecule has 1 saturated carbocycles. The number of allylic oxidation sites excluding steroid dienone is 1. The van der Waals surface area contributed by atoms with Gasteiger partial charge in [0.25, 0.3) is 0 Å². The van der Waals surface area contributed by atoms with Crippen LogP contribution in [-0.2, 0) is 4.79 Å². The molecule has 0 bridgehead atoms. The molecule has 0 unspecified atom stereocenters. The molecule has 1 aromatic heterocycles. The van der Waals surface area contributed by atoms with Crippen molar-refractivity contribution in [2.45, 2.75) is 52.1 Å². The van der Waals surface area contributed by atoms with Gasteiger partial charge in [0.15, 0.2) is 0 Å². The normalized spacial score (nSPS) is 21.0. The maximum absolute atomic E-state index is 12.9. The summed E-state index contributed by atoms with van der Waals surface area (Å²) in [6, 6.07) is 3.78. The second-order valence-electron chi connectivity index (χ2n) is 6.76. The van der Waals surface area contributed by atoms with E-state index >= 15 is 0 Å². The van der Waals surface area contributed by atoms with Crippen LogP contribution >= 0.6 is 0 Å². The van der Waals surface area contributed by atoms with Crippen molar-refractivity contribution in [3.63, 3.8) is 0 Å². The van der Waals surface area contributed by atoms with Crippen molar-refractivity contribution in [1.82, 2.24) is 4.98 Å². The van der Waals surface area contributed by atoms with E-state index in [0.717, 1.165) is 44.3 Å². The fraction of sp³-hybridized carbons (Fsp3) is 0.556. The highest BCUT2D eigenvalue weighted by molar-refractivity contribution is 5.99. The van der Waals surface area contributed by atoms with E-state index in [1.54, 1.807) is 6.20 Å². The number of ether oxygens (including phenoxy) is 1. The lowest BCUT2D eigenvalue weighted by Gasteiger charge is -2.32. The number of anilines is 1. The molecule has 0 atom stereocenters. The zero-order valence-corrected chi connectivity index (χ0v) is 13.5. The first kappa shape index (κ1) is 15.1. The second-order valence-corrected chi connectivity index (χ2v) is 6.76. The minimum Gasteiger partial charge on any atom is -0.475 e. The summed E-state index contributed by atoms with van der Waals surface area (Å²) in [4.78, 5) is 19.1. The molecule has 0 aromatic carbocycles. The largest absolute Gasteiger partial charge is 0.475 e. The average molecular weight is 300 g/mol. The highest BCUT2D eigenvalue weighted by Gasteiger charge is 2.47. The van der Waals surface area contributed by atoms with Gasteiger partial charge in [-0.2, -0.15) is 0 Å². The predicted octanol–water partition coefficient (Wildman–Crippen LogP) is 3.72. The Bertz CT molecular complexity index is 567. The lowest BCUT2D eigenvalue weighted by atomic mass is 9.72. The zero-order chi connectivity index (χ0) is 15.7. The van der Waals surface area contributed by atoms with Crippen molar-refractivity contribution >= 4 is 11.6 Å². The number of carbonyl (C=O) groups excluding carboxylic acids is 1. The van der Waals surface area contributed by atoms with Crippen LogP contribution in [0.15, 0.2) is 30.5 Å². The average Bonchev–Trinajstić information content (AvgIpc) is 2.80. The summed E-state index contributed by atoms with van der Waals surface area (Å²) in [5.41, 5.74) is 2.00. The zero-order valence-electron chi connectivity index (χ0n) is 13.5. The first-order valence-electron chi connectivity index (χ1n) is 8.11. The van der Waals surface area contributed by atoms with Gasteiger partial charge in [0.05, 0.1) is 23.4 Å². The molecule has 118 valence electrons. The third kappa shape index (κ3) is 2.74. The molecule has 1 aromatic rings. The lowest BCUT2D eigenvalue weighted by molar-refractivity contribution is -0.126. The van der Waals surface area contributed by atoms with Gasteiger partial charge in [0, 0.05) is 12.6 Å². The van der Waals surface area contributed by atoms with Crippen LogP contribution in [0.4, 0.5) is 5.69 Å². The SMILES string of the molecule is C=C1CCC2(CC1)CCN(c1ccc(OC(C)C)nc1)C2=O. The molecule has 1 aliphatic heterocycles. The number of amides is 1. The minimum absolute atomic E-state index is 0.102. The van der Waals surface area contributed by atoms with Gasteiger partial charge in [0.2, 0.25) is 11.8 Å². The lowest BCUT2D eigenvalue weighted by Crippen LogP contribution is -2.36. The summed E-state index contributed by atoms with van der Waals surface area (Å²) in [7, 11) is 0. The van der Waals surface area contributed by atoms with Crippen LogP contribution in [0.5, 0.6) is 5.88 Å². The second kappa shape index (κ2) is 5.75. The van der Waals surface area contributed by atoms with Gasteiger partial charge in [-0.1, -0.05) is 12.2 Å². The molecule has 1 aliphatic carbocycles. The molecule has 2 heterocycles. The molecule has 0 radical (unpaired) electrons. The quantitative estimate of drug-likeness (QED) is 0.799. The fourth-order valence-corrected chi connectivity index (χ4v) is 3.46. The van der Waals surface area contributed by atoms with E-state index in [1.807, 2.05) is 30.9 Å². The highest BCUT2D eigenvalue weighted by atomic mass is 16.5. The highest BCUT2D eigenvalue weighted by Crippen LogP contribution is 2.46. The van der Waals surface area contributed by atoms with Gasteiger partial charge in [-0.05, 0) is 52.0 Å². The Hall–Kier alpha value is -1.84. The van der Waals surface area contributed by atoms with E-state index in [0.29, 0.717) is 5.88 Å². The predicted molar refractivity (Wildman–Crippen MR) is 87.0 cm³/mol. The number of nitrogens with zero attached hydrogens (tertiary/aromatic N) is 2. The number of pyridine rings is 1. The van der Waals surface area contributed by atoms with Crippen molar-refractivity contribution in [2.75, 3.05) is 11.4 Å². The Morgan fingerprint density at radius 3 is 2.59 bits per heavy atom. The Labute approximate surface area is 132 Å². The first-order valence-corrected chi connectivity index (χ1v) is 8.11. The Morgan fingerprint density at radius 1 is 1.27 bits per heavy atom. The van der Waals surface area contributed by atoms with Gasteiger partial charge in [-0.25, -0.2) is 4.98 Å². The molecule has 0 N–H and O–H groups in total. The topological polar surface area (TPSA) is 42.4 Å². The minimum atomic E-state index is -0.158. The Balaban J connectivity index is 1.73. The molecule has 4 heteroatoms. The number of rotatable bonds is 3. The maximum Gasteiger partial charge on any atom is 0.233 e. The molecule has 4 nitrogen and oxygen atoms in total. The number of carbonyl (C=O) groups is 1. The van der Waals surface area contributed by atoms with E-state index in [9.17, 15) is 4.79 Å². The van der Waals surface area contributed by atoms with Gasteiger partial charge in [0.1, 0.15) is 0 Å². The van der Waals surface area contributed by atoms with Crippen molar-refractivity contribution in [3.8, 4) is 5.88 Å². The van der Waals surface area contributed by atoms with Gasteiger partial charge >= 0.3 is 0 Å². The molecule has 1 amide bonds. The van der Waals surface area contributed by atoms with E-state index in [-0.39, 0.29) is 17.4 Å². The Kier molecular flexibility index (Phi) is 3.94. The molecule has 22 heavy (non-hydrogen) atoms. The monoisotopic (exact) mass is 300 g/mol. The summed E-state index contributed by atoms with van der Waals surface area (Å²) >= 11 is 0. The first-order chi connectivity index (χ1) is 10.5. The van der Waals surface area contributed by atoms with Crippen LogP contribution in [0, 0.1) is 5.41 Å². The van der Waals surface area contributed by atoms with Crippen molar-refractivity contribution < 1.29 is 9.53 Å². The summed E-state index contributed by atoms with van der Waals surface area (Å²) < 4.78 is 5.56. The van der Waals surface area contributed by atoms with Crippen LogP contribution in [0.1, 0.15) is 46.0 Å². The van der Waals surface area contributed by atoms with Gasteiger partial charge in [-0.3, -0.25) is 4.79 Å². The van der Waals surface area contributed by atoms with Gasteiger partial charge in [-0.15, -0.1) is 0 Å². The van der Waals surface area contributed by atoms with Crippen LogP contribution in [0.3, 0.4) is 0 Å². The van der Waals surface area contributed by atoms with Crippen LogP contribution in [0.25, 0.3) is 0 Å². The summed E-state index contributed by atoms with van der Waals surface area (Å²) in [6.45, 7) is 8.79. The molecule has 1 saturated heterocycles. The fourth-order valence-electron chi connectivity index (χ4n) is 3.46. The third-order valence-corrected chi connectivity index (χ3v) is 4.82. The summed E-state index contributed by atoms with van der Waals surface area (Å²) in [5, 5.41) is 0. The van der Waals surface area contributed by atoms with E-state index in [2.05, 4.69) is 11.6 Å². The molecular formula is C18H24N2O2. The summed E-state index contributed by atoms with van der Waals surface area (Å²) in [5.74, 6) is 0.869. The van der Waals surface area contributed by atoms with E-state index in [4.69, 9.17) is 4.74 Å². The van der Waals surface area contributed by atoms with Crippen LogP contribution < -0.4 is 9.64 Å². The van der Waals surface area contributed by atoms with Crippen LogP contribution in [0.2, 0.25) is 0 Å². The maximum atomic E-state index is 12.9. The Morgan fingerprint density at radius 2 is 2.00 bits per heavy atom. The smallest absolute Gasteiger partial charge is 0.233 e. The molecule has 3 rings (SSSR count).